The predicted octanol–water partition coefficient (Wildman–Crippen LogP) is 1.46. The monoisotopic (exact) mass is 286 g/mol. The summed E-state index contributed by atoms with van der Waals surface area (Å²) in [6.07, 6.45) is 0. The summed E-state index contributed by atoms with van der Waals surface area (Å²) in [5.41, 5.74) is 0.451. The highest BCUT2D eigenvalue weighted by molar-refractivity contribution is 7.89. The number of nitrogens with zero attached hydrogens (tertiary/aromatic N) is 2. The van der Waals surface area contributed by atoms with E-state index in [0.29, 0.717) is 25.2 Å². The third-order valence-corrected chi connectivity index (χ3v) is 5.70. The van der Waals surface area contributed by atoms with E-state index in [9.17, 15) is 12.8 Å². The summed E-state index contributed by atoms with van der Waals surface area (Å²) in [6.45, 7) is 5.27. The van der Waals surface area contributed by atoms with Crippen molar-refractivity contribution >= 4 is 10.0 Å². The molecule has 0 radical (unpaired) electrons. The molecule has 4 nitrogen and oxygen atoms in total. The Morgan fingerprint density at radius 2 is 2.00 bits per heavy atom. The molecule has 0 saturated carbocycles. The maximum absolute atomic E-state index is 13.1. The van der Waals surface area contributed by atoms with Crippen LogP contribution in [0, 0.1) is 12.7 Å². The van der Waals surface area contributed by atoms with Crippen molar-refractivity contribution < 1.29 is 12.8 Å². The van der Waals surface area contributed by atoms with Crippen molar-refractivity contribution in [2.75, 3.05) is 26.7 Å². The van der Waals surface area contributed by atoms with Gasteiger partial charge in [0, 0.05) is 25.7 Å². The van der Waals surface area contributed by atoms with Crippen molar-refractivity contribution in [1.82, 2.24) is 9.21 Å². The first-order valence-electron chi connectivity index (χ1n) is 6.29. The number of piperazine rings is 1. The van der Waals surface area contributed by atoms with Gasteiger partial charge in [-0.25, -0.2) is 12.8 Å². The molecule has 1 unspecified atom stereocenters. The van der Waals surface area contributed by atoms with E-state index in [1.165, 1.54) is 22.5 Å². The van der Waals surface area contributed by atoms with Crippen LogP contribution < -0.4 is 0 Å². The number of halogens is 1. The van der Waals surface area contributed by atoms with Gasteiger partial charge in [-0.2, -0.15) is 4.31 Å². The van der Waals surface area contributed by atoms with Crippen LogP contribution in [0.3, 0.4) is 0 Å². The quantitative estimate of drug-likeness (QED) is 0.826. The van der Waals surface area contributed by atoms with Crippen LogP contribution in [0.5, 0.6) is 0 Å². The van der Waals surface area contributed by atoms with Crippen molar-refractivity contribution in [2.24, 2.45) is 0 Å². The third kappa shape index (κ3) is 2.80. The summed E-state index contributed by atoms with van der Waals surface area (Å²) in [5, 5.41) is 0. The Morgan fingerprint density at radius 1 is 1.32 bits per heavy atom. The maximum atomic E-state index is 13.1. The summed E-state index contributed by atoms with van der Waals surface area (Å²) in [7, 11) is -1.54. The molecule has 2 rings (SSSR count). The van der Waals surface area contributed by atoms with E-state index < -0.39 is 15.8 Å². The fourth-order valence-corrected chi connectivity index (χ4v) is 3.99. The highest BCUT2D eigenvalue weighted by Crippen LogP contribution is 2.22. The highest BCUT2D eigenvalue weighted by Gasteiger charge is 2.31. The van der Waals surface area contributed by atoms with Gasteiger partial charge in [0.05, 0.1) is 4.90 Å². The number of rotatable bonds is 2. The summed E-state index contributed by atoms with van der Waals surface area (Å²) < 4.78 is 39.7. The van der Waals surface area contributed by atoms with Gasteiger partial charge in [-0.15, -0.1) is 0 Å². The van der Waals surface area contributed by atoms with Gasteiger partial charge in [0.2, 0.25) is 10.0 Å². The van der Waals surface area contributed by atoms with E-state index in [0.717, 1.165) is 0 Å². The second-order valence-electron chi connectivity index (χ2n) is 5.10. The molecule has 1 aromatic rings. The Morgan fingerprint density at radius 3 is 2.58 bits per heavy atom. The summed E-state index contributed by atoms with van der Waals surface area (Å²) >= 11 is 0. The van der Waals surface area contributed by atoms with Gasteiger partial charge < -0.3 is 4.90 Å². The number of hydrogen-bond acceptors (Lipinski definition) is 3. The standard InChI is InChI=1S/C13H19FN2O2S/c1-10-8-12(14)4-5-13(10)19(17,18)16-7-6-15(3)11(2)9-16/h4-5,8,11H,6-7,9H2,1-3H3. The van der Waals surface area contributed by atoms with Gasteiger partial charge in [0.25, 0.3) is 0 Å². The second-order valence-corrected chi connectivity index (χ2v) is 7.01. The minimum atomic E-state index is -3.53. The summed E-state index contributed by atoms with van der Waals surface area (Å²) in [5.74, 6) is -0.414. The number of likely N-dealkylation sites (N-methyl/N-ethyl adjacent to an activating group) is 1. The molecule has 0 aliphatic carbocycles. The van der Waals surface area contributed by atoms with E-state index in [1.54, 1.807) is 6.92 Å². The van der Waals surface area contributed by atoms with Gasteiger partial charge in [-0.3, -0.25) is 0 Å². The largest absolute Gasteiger partial charge is 0.301 e. The fourth-order valence-electron chi connectivity index (χ4n) is 2.27. The zero-order valence-corrected chi connectivity index (χ0v) is 12.2. The number of hydrogen-bond donors (Lipinski definition) is 0. The van der Waals surface area contributed by atoms with Gasteiger partial charge >= 0.3 is 0 Å². The lowest BCUT2D eigenvalue weighted by atomic mass is 10.2. The second kappa shape index (κ2) is 5.19. The number of benzene rings is 1. The van der Waals surface area contributed by atoms with E-state index in [-0.39, 0.29) is 10.9 Å². The Balaban J connectivity index is 2.32. The van der Waals surface area contributed by atoms with Gasteiger partial charge in [-0.1, -0.05) is 0 Å². The van der Waals surface area contributed by atoms with Crippen LogP contribution in [-0.2, 0) is 10.0 Å². The van der Waals surface area contributed by atoms with Crippen LogP contribution in [0.2, 0.25) is 0 Å². The third-order valence-electron chi connectivity index (χ3n) is 3.68. The normalized spacial score (nSPS) is 22.6. The molecule has 106 valence electrons. The first-order valence-corrected chi connectivity index (χ1v) is 7.73. The lowest BCUT2D eigenvalue weighted by Gasteiger charge is -2.37. The minimum absolute atomic E-state index is 0.185. The average Bonchev–Trinajstić information content (AvgIpc) is 2.32. The summed E-state index contributed by atoms with van der Waals surface area (Å²) in [4.78, 5) is 2.33. The molecule has 0 N–H and O–H groups in total. The lowest BCUT2D eigenvalue weighted by Crippen LogP contribution is -2.51. The van der Waals surface area contributed by atoms with Gasteiger partial charge in [0.15, 0.2) is 0 Å². The molecule has 1 saturated heterocycles. The Labute approximate surface area is 113 Å². The zero-order valence-electron chi connectivity index (χ0n) is 11.4. The molecule has 1 aromatic carbocycles. The molecule has 19 heavy (non-hydrogen) atoms. The van der Waals surface area contributed by atoms with Crippen molar-refractivity contribution in [2.45, 2.75) is 24.8 Å². The van der Waals surface area contributed by atoms with Gasteiger partial charge in [0.1, 0.15) is 5.82 Å². The molecule has 6 heteroatoms. The van der Waals surface area contributed by atoms with Crippen LogP contribution in [-0.4, -0.2) is 50.3 Å². The fraction of sp³-hybridized carbons (Fsp3) is 0.538. The lowest BCUT2D eigenvalue weighted by molar-refractivity contribution is 0.159. The molecular weight excluding hydrogens is 267 g/mol. The molecule has 1 aliphatic rings. The van der Waals surface area contributed by atoms with Crippen LogP contribution in [0.15, 0.2) is 23.1 Å². The SMILES string of the molecule is Cc1cc(F)ccc1S(=O)(=O)N1CCN(C)C(C)C1. The van der Waals surface area contributed by atoms with Gasteiger partial charge in [-0.05, 0) is 44.7 Å². The van der Waals surface area contributed by atoms with Crippen molar-refractivity contribution in [1.29, 1.82) is 0 Å². The molecular formula is C13H19FN2O2S. The van der Waals surface area contributed by atoms with E-state index in [4.69, 9.17) is 0 Å². The predicted molar refractivity (Wildman–Crippen MR) is 72.0 cm³/mol. The molecule has 0 spiro atoms. The average molecular weight is 286 g/mol. The van der Waals surface area contributed by atoms with E-state index >= 15 is 0 Å². The van der Waals surface area contributed by atoms with Crippen molar-refractivity contribution in [3.05, 3.63) is 29.6 Å². The first kappa shape index (κ1) is 14.4. The molecule has 0 bridgehead atoms. The minimum Gasteiger partial charge on any atom is -0.301 e. The number of sulfonamides is 1. The Hall–Kier alpha value is -0.980. The molecule has 1 atom stereocenters. The smallest absolute Gasteiger partial charge is 0.243 e. The Kier molecular flexibility index (Phi) is 3.94. The zero-order chi connectivity index (χ0) is 14.2. The van der Waals surface area contributed by atoms with Crippen LogP contribution in [0.4, 0.5) is 4.39 Å². The summed E-state index contributed by atoms with van der Waals surface area (Å²) in [6, 6.07) is 3.98. The Bertz CT molecular complexity index is 574. The molecule has 1 fully saturated rings. The topological polar surface area (TPSA) is 40.6 Å². The van der Waals surface area contributed by atoms with Crippen LogP contribution >= 0.6 is 0 Å². The molecule has 0 amide bonds. The van der Waals surface area contributed by atoms with Crippen LogP contribution in [0.25, 0.3) is 0 Å². The van der Waals surface area contributed by atoms with Crippen molar-refractivity contribution in [3.63, 3.8) is 0 Å². The maximum Gasteiger partial charge on any atom is 0.243 e. The van der Waals surface area contributed by atoms with Crippen LogP contribution in [0.1, 0.15) is 12.5 Å². The molecule has 0 aromatic heterocycles. The number of aryl methyl sites for hydroxylation is 1. The highest BCUT2D eigenvalue weighted by atomic mass is 32.2. The van der Waals surface area contributed by atoms with E-state index in [2.05, 4.69) is 4.90 Å². The first-order chi connectivity index (χ1) is 8.82. The van der Waals surface area contributed by atoms with Crippen molar-refractivity contribution in [3.8, 4) is 0 Å². The molecule has 1 aliphatic heterocycles. The molecule has 1 heterocycles. The van der Waals surface area contributed by atoms with E-state index in [1.807, 2.05) is 14.0 Å².